The van der Waals surface area contributed by atoms with Gasteiger partial charge in [0.15, 0.2) is 0 Å². The van der Waals surface area contributed by atoms with Gasteiger partial charge in [-0.3, -0.25) is 4.79 Å². The second kappa shape index (κ2) is 6.32. The van der Waals surface area contributed by atoms with E-state index < -0.39 is 10.0 Å². The highest BCUT2D eigenvalue weighted by molar-refractivity contribution is 7.89. The SMILES string of the molecule is CN(C)S(=O)(=O)CCNC(=O)C1CCCNC1. The van der Waals surface area contributed by atoms with E-state index in [2.05, 4.69) is 10.6 Å². The number of nitrogens with one attached hydrogen (secondary N) is 2. The predicted molar refractivity (Wildman–Crippen MR) is 66.1 cm³/mol. The van der Waals surface area contributed by atoms with E-state index in [0.29, 0.717) is 6.54 Å². The van der Waals surface area contributed by atoms with Crippen LogP contribution < -0.4 is 10.6 Å². The lowest BCUT2D eigenvalue weighted by atomic mass is 9.99. The lowest BCUT2D eigenvalue weighted by Crippen LogP contribution is -2.42. The minimum atomic E-state index is -3.22. The summed E-state index contributed by atoms with van der Waals surface area (Å²) >= 11 is 0. The van der Waals surface area contributed by atoms with Gasteiger partial charge in [0.2, 0.25) is 15.9 Å². The minimum Gasteiger partial charge on any atom is -0.355 e. The first-order chi connectivity index (χ1) is 7.93. The van der Waals surface area contributed by atoms with Crippen LogP contribution in [-0.2, 0) is 14.8 Å². The van der Waals surface area contributed by atoms with Crippen LogP contribution in [0.15, 0.2) is 0 Å². The molecule has 0 aliphatic carbocycles. The number of hydrogen-bond donors (Lipinski definition) is 2. The summed E-state index contributed by atoms with van der Waals surface area (Å²) in [5.74, 6) is -0.122. The van der Waals surface area contributed by atoms with Gasteiger partial charge in [0.05, 0.1) is 11.7 Å². The van der Waals surface area contributed by atoms with Crippen molar-refractivity contribution in [2.24, 2.45) is 5.92 Å². The third-order valence-electron chi connectivity index (χ3n) is 2.88. The van der Waals surface area contributed by atoms with Gasteiger partial charge >= 0.3 is 0 Å². The molecule has 0 aromatic carbocycles. The van der Waals surface area contributed by atoms with Crippen LogP contribution in [0, 0.1) is 5.92 Å². The standard InChI is InChI=1S/C10H21N3O3S/c1-13(2)17(15,16)7-6-12-10(14)9-4-3-5-11-8-9/h9,11H,3-8H2,1-2H3,(H,12,14). The highest BCUT2D eigenvalue weighted by Gasteiger charge is 2.21. The molecular weight excluding hydrogens is 242 g/mol. The molecule has 0 aromatic heterocycles. The van der Waals surface area contributed by atoms with Gasteiger partial charge in [0.25, 0.3) is 0 Å². The van der Waals surface area contributed by atoms with Crippen molar-refractivity contribution in [2.75, 3.05) is 39.5 Å². The maximum absolute atomic E-state index is 11.7. The number of amides is 1. The Morgan fingerprint density at radius 2 is 2.18 bits per heavy atom. The van der Waals surface area contributed by atoms with E-state index in [0.717, 1.165) is 19.4 Å². The topological polar surface area (TPSA) is 78.5 Å². The molecular formula is C10H21N3O3S. The van der Waals surface area contributed by atoms with Crippen LogP contribution in [0.25, 0.3) is 0 Å². The average molecular weight is 263 g/mol. The number of sulfonamides is 1. The zero-order valence-electron chi connectivity index (χ0n) is 10.4. The van der Waals surface area contributed by atoms with Crippen molar-refractivity contribution in [2.45, 2.75) is 12.8 Å². The Balaban J connectivity index is 2.29. The zero-order valence-corrected chi connectivity index (χ0v) is 11.2. The summed E-state index contributed by atoms with van der Waals surface area (Å²) in [6.07, 6.45) is 1.87. The fraction of sp³-hybridized carbons (Fsp3) is 0.900. The third kappa shape index (κ3) is 4.61. The van der Waals surface area contributed by atoms with Crippen molar-refractivity contribution in [3.8, 4) is 0 Å². The Kier molecular flexibility index (Phi) is 5.35. The van der Waals surface area contributed by atoms with Crippen molar-refractivity contribution in [1.82, 2.24) is 14.9 Å². The monoisotopic (exact) mass is 263 g/mol. The highest BCUT2D eigenvalue weighted by Crippen LogP contribution is 2.09. The smallest absolute Gasteiger partial charge is 0.224 e. The molecule has 100 valence electrons. The van der Waals surface area contributed by atoms with Crippen LogP contribution in [0.1, 0.15) is 12.8 Å². The number of rotatable bonds is 5. The summed E-state index contributed by atoms with van der Waals surface area (Å²) in [4.78, 5) is 11.7. The molecule has 1 aliphatic heterocycles. The van der Waals surface area contributed by atoms with E-state index in [1.807, 2.05) is 0 Å². The summed E-state index contributed by atoms with van der Waals surface area (Å²) in [6.45, 7) is 1.82. The summed E-state index contributed by atoms with van der Waals surface area (Å²) < 4.78 is 24.1. The van der Waals surface area contributed by atoms with Gasteiger partial charge in [-0.1, -0.05) is 0 Å². The van der Waals surface area contributed by atoms with Crippen molar-refractivity contribution in [3.63, 3.8) is 0 Å². The molecule has 0 spiro atoms. The van der Waals surface area contributed by atoms with E-state index in [-0.39, 0.29) is 24.1 Å². The molecule has 1 rings (SSSR count). The Hall–Kier alpha value is -0.660. The number of hydrogen-bond acceptors (Lipinski definition) is 4. The summed E-state index contributed by atoms with van der Waals surface area (Å²) in [5, 5.41) is 5.83. The van der Waals surface area contributed by atoms with Crippen molar-refractivity contribution in [1.29, 1.82) is 0 Å². The van der Waals surface area contributed by atoms with Crippen molar-refractivity contribution in [3.05, 3.63) is 0 Å². The fourth-order valence-corrected chi connectivity index (χ4v) is 2.43. The number of piperidine rings is 1. The van der Waals surface area contributed by atoms with Gasteiger partial charge in [-0.05, 0) is 19.4 Å². The van der Waals surface area contributed by atoms with Crippen LogP contribution in [0.2, 0.25) is 0 Å². The largest absolute Gasteiger partial charge is 0.355 e. The molecule has 1 saturated heterocycles. The summed E-state index contributed by atoms with van der Waals surface area (Å²) in [7, 11) is -0.245. The molecule has 0 bridgehead atoms. The normalized spacial score (nSPS) is 21.5. The maximum atomic E-state index is 11.7. The van der Waals surface area contributed by atoms with Gasteiger partial charge in [-0.25, -0.2) is 12.7 Å². The first kappa shape index (κ1) is 14.4. The molecule has 0 saturated carbocycles. The molecule has 6 nitrogen and oxygen atoms in total. The van der Waals surface area contributed by atoms with Crippen LogP contribution >= 0.6 is 0 Å². The van der Waals surface area contributed by atoms with Crippen molar-refractivity contribution >= 4 is 15.9 Å². The van der Waals surface area contributed by atoms with Crippen LogP contribution in [-0.4, -0.2) is 58.1 Å². The summed E-state index contributed by atoms with van der Waals surface area (Å²) in [5.41, 5.74) is 0. The van der Waals surface area contributed by atoms with Gasteiger partial charge in [-0.2, -0.15) is 0 Å². The molecule has 1 unspecified atom stereocenters. The molecule has 17 heavy (non-hydrogen) atoms. The molecule has 1 aliphatic rings. The van der Waals surface area contributed by atoms with E-state index in [9.17, 15) is 13.2 Å². The van der Waals surface area contributed by atoms with Gasteiger partial charge in [0.1, 0.15) is 0 Å². The quantitative estimate of drug-likeness (QED) is 0.666. The molecule has 0 aromatic rings. The fourth-order valence-electron chi connectivity index (χ4n) is 1.71. The van der Waals surface area contributed by atoms with E-state index in [4.69, 9.17) is 0 Å². The van der Waals surface area contributed by atoms with E-state index in [1.54, 1.807) is 0 Å². The highest BCUT2D eigenvalue weighted by atomic mass is 32.2. The van der Waals surface area contributed by atoms with Crippen LogP contribution in [0.4, 0.5) is 0 Å². The Bertz CT molecular complexity index is 348. The summed E-state index contributed by atoms with van der Waals surface area (Å²) in [6, 6.07) is 0. The third-order valence-corrected chi connectivity index (χ3v) is 4.72. The second-order valence-electron chi connectivity index (χ2n) is 4.43. The molecule has 0 radical (unpaired) electrons. The molecule has 7 heteroatoms. The van der Waals surface area contributed by atoms with Crippen LogP contribution in [0.5, 0.6) is 0 Å². The lowest BCUT2D eigenvalue weighted by Gasteiger charge is -2.22. The number of nitrogens with zero attached hydrogens (tertiary/aromatic N) is 1. The van der Waals surface area contributed by atoms with Gasteiger partial charge < -0.3 is 10.6 Å². The number of carbonyl (C=O) groups excluding carboxylic acids is 1. The molecule has 1 heterocycles. The maximum Gasteiger partial charge on any atom is 0.224 e. The van der Waals surface area contributed by atoms with E-state index in [1.165, 1.54) is 18.4 Å². The molecule has 1 fully saturated rings. The molecule has 2 N–H and O–H groups in total. The van der Waals surface area contributed by atoms with Gasteiger partial charge in [0, 0.05) is 27.2 Å². The Labute approximate surface area is 103 Å². The van der Waals surface area contributed by atoms with Crippen molar-refractivity contribution < 1.29 is 13.2 Å². The first-order valence-corrected chi connectivity index (χ1v) is 7.43. The lowest BCUT2D eigenvalue weighted by molar-refractivity contribution is -0.125. The minimum absolute atomic E-state index is 0.0224. The average Bonchev–Trinajstić information content (AvgIpc) is 2.29. The molecule has 1 amide bonds. The zero-order chi connectivity index (χ0) is 12.9. The second-order valence-corrected chi connectivity index (χ2v) is 6.74. The predicted octanol–water partition coefficient (Wildman–Crippen LogP) is -1.01. The Morgan fingerprint density at radius 3 is 2.71 bits per heavy atom. The molecule has 1 atom stereocenters. The van der Waals surface area contributed by atoms with E-state index >= 15 is 0 Å². The van der Waals surface area contributed by atoms with Crippen LogP contribution in [0.3, 0.4) is 0 Å². The first-order valence-electron chi connectivity index (χ1n) is 5.82. The van der Waals surface area contributed by atoms with Gasteiger partial charge in [-0.15, -0.1) is 0 Å². The number of carbonyl (C=O) groups is 1. The Morgan fingerprint density at radius 1 is 1.47 bits per heavy atom.